The summed E-state index contributed by atoms with van der Waals surface area (Å²) in [4.78, 5) is 4.59. The Balaban J connectivity index is 2.47. The van der Waals surface area contributed by atoms with Crippen LogP contribution in [-0.4, -0.2) is 19.7 Å². The average Bonchev–Trinajstić information content (AvgIpc) is 2.38. The first-order valence-electron chi connectivity index (χ1n) is 6.40. The van der Waals surface area contributed by atoms with E-state index in [-0.39, 0.29) is 4.90 Å². The van der Waals surface area contributed by atoms with Crippen molar-refractivity contribution in [1.82, 2.24) is 4.98 Å². The number of nitrogens with one attached hydrogen (secondary N) is 1. The molecule has 0 saturated carbocycles. The van der Waals surface area contributed by atoms with E-state index < -0.39 is 9.84 Å². The third-order valence-corrected chi connectivity index (χ3v) is 4.16. The number of rotatable bonds is 4. The Hall–Kier alpha value is -1.88. The van der Waals surface area contributed by atoms with Crippen LogP contribution in [0.25, 0.3) is 0 Å². The number of benzene rings is 1. The van der Waals surface area contributed by atoms with Crippen molar-refractivity contribution < 1.29 is 8.42 Å². The zero-order chi connectivity index (χ0) is 14.8. The Kier molecular flexibility index (Phi) is 4.09. The van der Waals surface area contributed by atoms with Crippen molar-refractivity contribution in [3.05, 3.63) is 48.2 Å². The fraction of sp³-hybridized carbons (Fsp3) is 0.267. The minimum atomic E-state index is -3.28. The molecule has 5 heteroatoms. The standard InChI is InChI=1S/C15H18N2O2S/c1-11(2)12-7-6-10-16-15(12)17-13-8-4-5-9-14(13)20(3,18)19/h4-11H,1-3H3,(H,16,17). The van der Waals surface area contributed by atoms with Crippen molar-refractivity contribution in [2.24, 2.45) is 0 Å². The van der Waals surface area contributed by atoms with Crippen molar-refractivity contribution in [3.63, 3.8) is 0 Å². The van der Waals surface area contributed by atoms with Gasteiger partial charge in [-0.3, -0.25) is 0 Å². The highest BCUT2D eigenvalue weighted by molar-refractivity contribution is 7.90. The molecule has 0 radical (unpaired) electrons. The number of pyridine rings is 1. The van der Waals surface area contributed by atoms with Crippen molar-refractivity contribution in [1.29, 1.82) is 0 Å². The number of sulfone groups is 1. The molecule has 0 spiro atoms. The van der Waals surface area contributed by atoms with Crippen LogP contribution in [0.3, 0.4) is 0 Å². The second-order valence-electron chi connectivity index (χ2n) is 4.99. The summed E-state index contributed by atoms with van der Waals surface area (Å²) < 4.78 is 23.6. The van der Waals surface area contributed by atoms with Gasteiger partial charge in [0.2, 0.25) is 0 Å². The maximum absolute atomic E-state index is 11.8. The first-order chi connectivity index (χ1) is 9.39. The molecular formula is C15H18N2O2S. The molecule has 1 N–H and O–H groups in total. The van der Waals surface area contributed by atoms with Crippen molar-refractivity contribution in [3.8, 4) is 0 Å². The molecular weight excluding hydrogens is 272 g/mol. The second kappa shape index (κ2) is 5.63. The van der Waals surface area contributed by atoms with Crippen LogP contribution >= 0.6 is 0 Å². The van der Waals surface area contributed by atoms with Gasteiger partial charge < -0.3 is 5.32 Å². The summed E-state index contributed by atoms with van der Waals surface area (Å²) in [5.74, 6) is 0.996. The monoisotopic (exact) mass is 290 g/mol. The Morgan fingerprint density at radius 2 is 1.80 bits per heavy atom. The quantitative estimate of drug-likeness (QED) is 0.938. The molecule has 0 saturated heterocycles. The summed E-state index contributed by atoms with van der Waals surface area (Å²) in [7, 11) is -3.28. The maximum Gasteiger partial charge on any atom is 0.177 e. The Bertz CT molecular complexity index is 709. The Morgan fingerprint density at radius 3 is 2.45 bits per heavy atom. The van der Waals surface area contributed by atoms with Crippen LogP contribution in [0.4, 0.5) is 11.5 Å². The van der Waals surface area contributed by atoms with Crippen LogP contribution in [0.1, 0.15) is 25.3 Å². The van der Waals surface area contributed by atoms with E-state index in [0.717, 1.165) is 5.56 Å². The van der Waals surface area contributed by atoms with E-state index in [1.54, 1.807) is 30.5 Å². The average molecular weight is 290 g/mol. The first kappa shape index (κ1) is 14.5. The molecule has 1 heterocycles. The van der Waals surface area contributed by atoms with E-state index >= 15 is 0 Å². The summed E-state index contributed by atoms with van der Waals surface area (Å²) in [6, 6.07) is 10.7. The largest absolute Gasteiger partial charge is 0.339 e. The highest BCUT2D eigenvalue weighted by Gasteiger charge is 2.14. The van der Waals surface area contributed by atoms with Gasteiger partial charge in [-0.25, -0.2) is 13.4 Å². The topological polar surface area (TPSA) is 59.1 Å². The lowest BCUT2D eigenvalue weighted by Gasteiger charge is -2.15. The number of aromatic nitrogens is 1. The van der Waals surface area contributed by atoms with Crippen LogP contribution in [0, 0.1) is 0 Å². The van der Waals surface area contributed by atoms with Crippen LogP contribution in [0.15, 0.2) is 47.5 Å². The van der Waals surface area contributed by atoms with E-state index in [4.69, 9.17) is 0 Å². The molecule has 0 unspecified atom stereocenters. The lowest BCUT2D eigenvalue weighted by atomic mass is 10.0. The minimum absolute atomic E-state index is 0.278. The highest BCUT2D eigenvalue weighted by Crippen LogP contribution is 2.28. The number of hydrogen-bond acceptors (Lipinski definition) is 4. The van der Waals surface area contributed by atoms with Gasteiger partial charge in [-0.15, -0.1) is 0 Å². The summed E-state index contributed by atoms with van der Waals surface area (Å²) in [6.07, 6.45) is 2.90. The van der Waals surface area contributed by atoms with Gasteiger partial charge in [-0.05, 0) is 29.7 Å². The molecule has 1 aromatic heterocycles. The number of anilines is 2. The molecule has 0 bridgehead atoms. The number of para-hydroxylation sites is 1. The third kappa shape index (κ3) is 3.17. The highest BCUT2D eigenvalue weighted by atomic mass is 32.2. The molecule has 106 valence electrons. The van der Waals surface area contributed by atoms with Crippen molar-refractivity contribution in [2.75, 3.05) is 11.6 Å². The van der Waals surface area contributed by atoms with Crippen LogP contribution < -0.4 is 5.32 Å². The number of nitrogens with zero attached hydrogens (tertiary/aromatic N) is 1. The van der Waals surface area contributed by atoms with Crippen molar-refractivity contribution in [2.45, 2.75) is 24.7 Å². The second-order valence-corrected chi connectivity index (χ2v) is 6.97. The molecule has 0 atom stereocenters. The van der Waals surface area contributed by atoms with Gasteiger partial charge in [-0.1, -0.05) is 32.0 Å². The van der Waals surface area contributed by atoms with Crippen molar-refractivity contribution >= 4 is 21.3 Å². The lowest BCUT2D eigenvalue weighted by molar-refractivity contribution is 0.602. The third-order valence-electron chi connectivity index (χ3n) is 3.00. The van der Waals surface area contributed by atoms with Gasteiger partial charge in [-0.2, -0.15) is 0 Å². The van der Waals surface area contributed by atoms with E-state index in [0.29, 0.717) is 17.4 Å². The molecule has 4 nitrogen and oxygen atoms in total. The normalized spacial score (nSPS) is 11.6. The molecule has 0 aliphatic rings. The zero-order valence-corrected chi connectivity index (χ0v) is 12.6. The zero-order valence-electron chi connectivity index (χ0n) is 11.8. The smallest absolute Gasteiger partial charge is 0.177 e. The Morgan fingerprint density at radius 1 is 1.10 bits per heavy atom. The van der Waals surface area contributed by atoms with Crippen LogP contribution in [-0.2, 0) is 9.84 Å². The van der Waals surface area contributed by atoms with E-state index in [9.17, 15) is 8.42 Å². The molecule has 1 aromatic carbocycles. The van der Waals surface area contributed by atoms with Gasteiger partial charge in [0.05, 0.1) is 10.6 Å². The van der Waals surface area contributed by atoms with Gasteiger partial charge in [0.1, 0.15) is 5.82 Å². The molecule has 0 fully saturated rings. The fourth-order valence-corrected chi connectivity index (χ4v) is 2.85. The van der Waals surface area contributed by atoms with Gasteiger partial charge in [0, 0.05) is 12.5 Å². The molecule has 0 aliphatic carbocycles. The summed E-state index contributed by atoms with van der Waals surface area (Å²) in [6.45, 7) is 4.15. The SMILES string of the molecule is CC(C)c1cccnc1Nc1ccccc1S(C)(=O)=O. The van der Waals surface area contributed by atoms with Crippen LogP contribution in [0.2, 0.25) is 0 Å². The predicted molar refractivity (Wildman–Crippen MR) is 81.2 cm³/mol. The van der Waals surface area contributed by atoms with Crippen LogP contribution in [0.5, 0.6) is 0 Å². The molecule has 20 heavy (non-hydrogen) atoms. The lowest BCUT2D eigenvalue weighted by Crippen LogP contribution is -2.05. The molecule has 0 amide bonds. The van der Waals surface area contributed by atoms with Gasteiger partial charge >= 0.3 is 0 Å². The fourth-order valence-electron chi connectivity index (χ4n) is 2.01. The van der Waals surface area contributed by atoms with Gasteiger partial charge in [0.15, 0.2) is 9.84 Å². The summed E-state index contributed by atoms with van der Waals surface area (Å²) >= 11 is 0. The minimum Gasteiger partial charge on any atom is -0.339 e. The maximum atomic E-state index is 11.8. The van der Waals surface area contributed by atoms with Gasteiger partial charge in [0.25, 0.3) is 0 Å². The summed E-state index contributed by atoms with van der Waals surface area (Å²) in [5.41, 5.74) is 1.60. The summed E-state index contributed by atoms with van der Waals surface area (Å²) in [5, 5.41) is 3.14. The Labute approximate surface area is 119 Å². The number of hydrogen-bond donors (Lipinski definition) is 1. The molecule has 2 aromatic rings. The van der Waals surface area contributed by atoms with E-state index in [1.807, 2.05) is 12.1 Å². The molecule has 2 rings (SSSR count). The van der Waals surface area contributed by atoms with E-state index in [2.05, 4.69) is 24.1 Å². The predicted octanol–water partition coefficient (Wildman–Crippen LogP) is 3.35. The molecule has 0 aliphatic heterocycles. The first-order valence-corrected chi connectivity index (χ1v) is 8.29. The van der Waals surface area contributed by atoms with E-state index in [1.165, 1.54) is 6.26 Å².